The molecule has 2 fully saturated rings. The third kappa shape index (κ3) is 2.46. The molecule has 4 heteroatoms. The zero-order valence-corrected chi connectivity index (χ0v) is 13.6. The fourth-order valence-electron chi connectivity index (χ4n) is 3.24. The maximum atomic E-state index is 12.1. The first-order valence-electron chi connectivity index (χ1n) is 7.18. The quantitative estimate of drug-likeness (QED) is 0.766. The van der Waals surface area contributed by atoms with E-state index in [1.807, 2.05) is 19.1 Å². The van der Waals surface area contributed by atoms with Crippen LogP contribution in [-0.4, -0.2) is 26.2 Å². The van der Waals surface area contributed by atoms with Crippen LogP contribution in [0.4, 0.5) is 5.69 Å². The lowest BCUT2D eigenvalue weighted by Gasteiger charge is -2.35. The number of hydrogen-bond donors (Lipinski definition) is 0. The Morgan fingerprint density at radius 2 is 1.90 bits per heavy atom. The van der Waals surface area contributed by atoms with Crippen LogP contribution in [0.5, 0.6) is 0 Å². The molecule has 1 aliphatic heterocycles. The van der Waals surface area contributed by atoms with Crippen LogP contribution in [-0.2, 0) is 4.74 Å². The molecule has 1 saturated carbocycles. The molecule has 1 aliphatic carbocycles. The van der Waals surface area contributed by atoms with Gasteiger partial charge in [-0.15, -0.1) is 0 Å². The summed E-state index contributed by atoms with van der Waals surface area (Å²) in [6, 6.07) is 4.02. The highest BCUT2D eigenvalue weighted by molar-refractivity contribution is 9.10. The molecular formula is C16H20BrNO2. The molecule has 1 aromatic rings. The molecule has 1 saturated heterocycles. The number of methoxy groups -OCH3 is 1. The molecule has 0 radical (unpaired) electrons. The van der Waals surface area contributed by atoms with Gasteiger partial charge in [-0.05, 0) is 55.7 Å². The summed E-state index contributed by atoms with van der Waals surface area (Å²) < 4.78 is 5.98. The molecule has 108 valence electrons. The third-order valence-electron chi connectivity index (χ3n) is 4.79. The molecule has 0 unspecified atom stereocenters. The Hall–Kier alpha value is -1.03. The molecule has 2 aliphatic rings. The summed E-state index contributed by atoms with van der Waals surface area (Å²) in [4.78, 5) is 14.4. The van der Waals surface area contributed by atoms with Crippen molar-refractivity contribution in [3.8, 4) is 0 Å². The largest absolute Gasteiger partial charge is 0.465 e. The van der Waals surface area contributed by atoms with Gasteiger partial charge < -0.3 is 9.64 Å². The van der Waals surface area contributed by atoms with E-state index in [0.717, 1.165) is 28.8 Å². The molecule has 0 bridgehead atoms. The number of piperidine rings is 1. The van der Waals surface area contributed by atoms with Gasteiger partial charge in [0.1, 0.15) is 0 Å². The van der Waals surface area contributed by atoms with Crippen molar-refractivity contribution in [2.75, 3.05) is 25.1 Å². The van der Waals surface area contributed by atoms with Crippen LogP contribution in [0, 0.1) is 12.3 Å². The van der Waals surface area contributed by atoms with Gasteiger partial charge in [-0.3, -0.25) is 0 Å². The van der Waals surface area contributed by atoms with Crippen molar-refractivity contribution in [1.82, 2.24) is 0 Å². The van der Waals surface area contributed by atoms with Crippen LogP contribution >= 0.6 is 15.9 Å². The summed E-state index contributed by atoms with van der Waals surface area (Å²) in [5.41, 5.74) is 3.33. The van der Waals surface area contributed by atoms with E-state index in [0.29, 0.717) is 11.0 Å². The van der Waals surface area contributed by atoms with Crippen LogP contribution in [0.3, 0.4) is 0 Å². The van der Waals surface area contributed by atoms with Gasteiger partial charge in [0.05, 0.1) is 18.4 Å². The number of anilines is 1. The molecule has 0 amide bonds. The second-order valence-electron chi connectivity index (χ2n) is 6.10. The Balaban J connectivity index is 1.93. The maximum absolute atomic E-state index is 12.1. The average molecular weight is 338 g/mol. The van der Waals surface area contributed by atoms with Crippen molar-refractivity contribution >= 4 is 27.6 Å². The summed E-state index contributed by atoms with van der Waals surface area (Å²) >= 11 is 3.54. The lowest BCUT2D eigenvalue weighted by molar-refractivity contribution is 0.0600. The lowest BCUT2D eigenvalue weighted by atomic mass is 9.92. The van der Waals surface area contributed by atoms with E-state index >= 15 is 0 Å². The summed E-state index contributed by atoms with van der Waals surface area (Å²) in [6.45, 7) is 4.05. The average Bonchev–Trinajstić information content (AvgIpc) is 3.17. The maximum Gasteiger partial charge on any atom is 0.340 e. The van der Waals surface area contributed by atoms with E-state index in [4.69, 9.17) is 4.74 Å². The first-order chi connectivity index (χ1) is 9.54. The topological polar surface area (TPSA) is 29.5 Å². The summed E-state index contributed by atoms with van der Waals surface area (Å²) in [5.74, 6) is -0.239. The smallest absolute Gasteiger partial charge is 0.340 e. The molecule has 1 heterocycles. The number of halogens is 1. The normalized spacial score (nSPS) is 20.1. The summed E-state index contributed by atoms with van der Waals surface area (Å²) in [6.07, 6.45) is 5.28. The van der Waals surface area contributed by atoms with Crippen molar-refractivity contribution in [3.63, 3.8) is 0 Å². The van der Waals surface area contributed by atoms with E-state index in [1.54, 1.807) is 0 Å². The highest BCUT2D eigenvalue weighted by atomic mass is 79.9. The fraction of sp³-hybridized carbons (Fsp3) is 0.562. The van der Waals surface area contributed by atoms with Gasteiger partial charge in [0.25, 0.3) is 0 Å². The molecule has 3 rings (SSSR count). The van der Waals surface area contributed by atoms with Gasteiger partial charge in [-0.25, -0.2) is 4.79 Å². The van der Waals surface area contributed by atoms with Gasteiger partial charge in [0.15, 0.2) is 0 Å². The Morgan fingerprint density at radius 1 is 1.25 bits per heavy atom. The number of rotatable bonds is 2. The summed E-state index contributed by atoms with van der Waals surface area (Å²) in [5, 5.41) is 0. The Morgan fingerprint density at radius 3 is 2.45 bits per heavy atom. The molecule has 1 spiro atoms. The number of hydrogen-bond acceptors (Lipinski definition) is 3. The Bertz CT molecular complexity index is 542. The van der Waals surface area contributed by atoms with Crippen LogP contribution in [0.2, 0.25) is 0 Å². The molecule has 20 heavy (non-hydrogen) atoms. The number of aryl methyl sites for hydroxylation is 1. The van der Waals surface area contributed by atoms with Gasteiger partial charge in [-0.2, -0.15) is 0 Å². The van der Waals surface area contributed by atoms with Gasteiger partial charge in [0, 0.05) is 17.6 Å². The monoisotopic (exact) mass is 337 g/mol. The predicted molar refractivity (Wildman–Crippen MR) is 83.3 cm³/mol. The van der Waals surface area contributed by atoms with Crippen LogP contribution < -0.4 is 4.90 Å². The first kappa shape index (κ1) is 13.9. The number of carbonyl (C=O) groups excluding carboxylic acids is 1. The fourth-order valence-corrected chi connectivity index (χ4v) is 3.80. The number of esters is 1. The van der Waals surface area contributed by atoms with E-state index in [9.17, 15) is 4.79 Å². The van der Waals surface area contributed by atoms with Crippen molar-refractivity contribution in [1.29, 1.82) is 0 Å². The SMILES string of the molecule is COC(=O)c1c(C)cc(Br)cc1N1CCC2(CC1)CC2. The Labute approximate surface area is 128 Å². The summed E-state index contributed by atoms with van der Waals surface area (Å²) in [7, 11) is 1.45. The Kier molecular flexibility index (Phi) is 3.53. The van der Waals surface area contributed by atoms with Crippen molar-refractivity contribution in [3.05, 3.63) is 27.7 Å². The van der Waals surface area contributed by atoms with E-state index < -0.39 is 0 Å². The predicted octanol–water partition coefficient (Wildman–Crippen LogP) is 3.92. The van der Waals surface area contributed by atoms with E-state index in [1.165, 1.54) is 32.8 Å². The van der Waals surface area contributed by atoms with Gasteiger partial charge in [0.2, 0.25) is 0 Å². The molecule has 0 N–H and O–H groups in total. The number of benzene rings is 1. The molecule has 0 atom stereocenters. The zero-order valence-electron chi connectivity index (χ0n) is 12.0. The minimum absolute atomic E-state index is 0.239. The van der Waals surface area contributed by atoms with E-state index in [-0.39, 0.29) is 5.97 Å². The highest BCUT2D eigenvalue weighted by Gasteiger charge is 2.44. The van der Waals surface area contributed by atoms with Gasteiger partial charge in [-0.1, -0.05) is 15.9 Å². The highest BCUT2D eigenvalue weighted by Crippen LogP contribution is 2.54. The third-order valence-corrected chi connectivity index (χ3v) is 5.25. The minimum Gasteiger partial charge on any atom is -0.465 e. The van der Waals surface area contributed by atoms with Crippen LogP contribution in [0.25, 0.3) is 0 Å². The molecule has 1 aromatic carbocycles. The lowest BCUT2D eigenvalue weighted by Crippen LogP contribution is -2.35. The standard InChI is InChI=1S/C16H20BrNO2/c1-11-9-12(17)10-13(14(11)15(19)20-2)18-7-5-16(3-4-16)6-8-18/h9-10H,3-8H2,1-2H3. The van der Waals surface area contributed by atoms with Crippen LogP contribution in [0.15, 0.2) is 16.6 Å². The second kappa shape index (κ2) is 5.06. The second-order valence-corrected chi connectivity index (χ2v) is 7.01. The molecule has 0 aromatic heterocycles. The zero-order chi connectivity index (χ0) is 14.3. The number of carbonyl (C=O) groups is 1. The number of nitrogens with zero attached hydrogens (tertiary/aromatic N) is 1. The molecule has 3 nitrogen and oxygen atoms in total. The minimum atomic E-state index is -0.239. The van der Waals surface area contributed by atoms with Crippen LogP contribution in [0.1, 0.15) is 41.6 Å². The van der Waals surface area contributed by atoms with Crippen molar-refractivity contribution < 1.29 is 9.53 Å². The first-order valence-corrected chi connectivity index (χ1v) is 7.97. The van der Waals surface area contributed by atoms with Crippen molar-refractivity contribution in [2.45, 2.75) is 32.6 Å². The number of ether oxygens (including phenoxy) is 1. The van der Waals surface area contributed by atoms with Crippen molar-refractivity contribution in [2.24, 2.45) is 5.41 Å². The van der Waals surface area contributed by atoms with E-state index in [2.05, 4.69) is 20.8 Å². The van der Waals surface area contributed by atoms with Gasteiger partial charge >= 0.3 is 5.97 Å². The molecular weight excluding hydrogens is 318 g/mol.